The highest BCUT2D eigenvalue weighted by Crippen LogP contribution is 2.25. The van der Waals surface area contributed by atoms with E-state index in [0.717, 1.165) is 18.4 Å². The van der Waals surface area contributed by atoms with Gasteiger partial charge in [0.2, 0.25) is 0 Å². The van der Waals surface area contributed by atoms with E-state index in [0.29, 0.717) is 37.4 Å². The first-order chi connectivity index (χ1) is 17.9. The molecule has 3 aromatic rings. The lowest BCUT2D eigenvalue weighted by Crippen LogP contribution is -2.43. The number of aromatic nitrogens is 1. The van der Waals surface area contributed by atoms with Crippen molar-refractivity contribution >= 4 is 15.9 Å². The minimum atomic E-state index is -4.81. The highest BCUT2D eigenvalue weighted by Gasteiger charge is 2.31. The molecule has 1 amide bonds. The van der Waals surface area contributed by atoms with Gasteiger partial charge in [0, 0.05) is 50.1 Å². The monoisotopic (exact) mass is 552 g/mol. The molecule has 1 aromatic heterocycles. The first-order valence-corrected chi connectivity index (χ1v) is 13.3. The molecule has 0 unspecified atom stereocenters. The van der Waals surface area contributed by atoms with Crippen LogP contribution in [0.5, 0.6) is 17.2 Å². The fraction of sp³-hybridized carbons (Fsp3) is 0.280. The lowest BCUT2D eigenvalue weighted by Gasteiger charge is -2.31. The van der Waals surface area contributed by atoms with Crippen LogP contribution in [0.25, 0.3) is 5.69 Å². The van der Waals surface area contributed by atoms with Gasteiger partial charge in [-0.05, 0) is 54.6 Å². The summed E-state index contributed by atoms with van der Waals surface area (Å²) in [5, 5.41) is 0. The average Bonchev–Trinajstić information content (AvgIpc) is 2.84. The number of alkyl halides is 3. The zero-order valence-electron chi connectivity index (χ0n) is 20.1. The molecule has 1 aliphatic heterocycles. The predicted octanol–water partition coefficient (Wildman–Crippen LogP) is 4.18. The minimum absolute atomic E-state index is 0.0782. The van der Waals surface area contributed by atoms with E-state index < -0.39 is 28.0 Å². The summed E-state index contributed by atoms with van der Waals surface area (Å²) in [6, 6.07) is 13.4. The van der Waals surface area contributed by atoms with E-state index >= 15 is 0 Å². The molecule has 13 heteroatoms. The number of rotatable bonds is 6. The van der Waals surface area contributed by atoms with E-state index in [4.69, 9.17) is 9.47 Å². The number of piperidine rings is 1. The number of likely N-dealkylation sites (tertiary alicyclic amines) is 1. The quantitative estimate of drug-likeness (QED) is 0.452. The van der Waals surface area contributed by atoms with Crippen LogP contribution >= 0.6 is 0 Å². The van der Waals surface area contributed by atoms with Crippen LogP contribution in [0.1, 0.15) is 12.8 Å². The summed E-state index contributed by atoms with van der Waals surface area (Å²) in [5.74, 6) is 0.0170. The van der Waals surface area contributed by atoms with E-state index in [1.165, 1.54) is 58.1 Å². The molecule has 2 aromatic carbocycles. The number of nitrogens with zero attached hydrogens (tertiary/aromatic N) is 2. The number of amides is 1. The van der Waals surface area contributed by atoms with E-state index in [-0.39, 0.29) is 22.3 Å². The SMILES string of the molecule is CS(=O)(=O)c1ccc(-n2ccc(OC3CCN(C(=O)Oc4ccc(OC(F)(F)F)cc4)CC3)cc2=O)cc1. The second kappa shape index (κ2) is 10.8. The fourth-order valence-electron chi connectivity index (χ4n) is 3.82. The molecule has 1 fully saturated rings. The van der Waals surface area contributed by atoms with Gasteiger partial charge in [-0.3, -0.25) is 9.36 Å². The van der Waals surface area contributed by atoms with E-state index in [1.807, 2.05) is 0 Å². The third-order valence-electron chi connectivity index (χ3n) is 5.70. The van der Waals surface area contributed by atoms with Crippen LogP contribution in [0, 0.1) is 0 Å². The molecule has 0 N–H and O–H groups in total. The first-order valence-electron chi connectivity index (χ1n) is 11.4. The maximum atomic E-state index is 12.6. The largest absolute Gasteiger partial charge is 0.573 e. The Kier molecular flexibility index (Phi) is 7.67. The summed E-state index contributed by atoms with van der Waals surface area (Å²) in [7, 11) is -3.35. The van der Waals surface area contributed by atoms with Gasteiger partial charge in [0.1, 0.15) is 23.4 Å². The molecule has 1 saturated heterocycles. The number of carbonyl (C=O) groups excluding carboxylic acids is 1. The van der Waals surface area contributed by atoms with Crippen molar-refractivity contribution in [3.63, 3.8) is 0 Å². The third-order valence-corrected chi connectivity index (χ3v) is 6.83. The number of benzene rings is 2. The van der Waals surface area contributed by atoms with Crippen LogP contribution in [0.2, 0.25) is 0 Å². The van der Waals surface area contributed by atoms with Crippen LogP contribution in [0.3, 0.4) is 0 Å². The van der Waals surface area contributed by atoms with Crippen LogP contribution < -0.4 is 19.8 Å². The van der Waals surface area contributed by atoms with Crippen LogP contribution in [0.4, 0.5) is 18.0 Å². The number of carbonyl (C=O) groups is 1. The van der Waals surface area contributed by atoms with Crippen molar-refractivity contribution in [1.82, 2.24) is 9.47 Å². The van der Waals surface area contributed by atoms with Gasteiger partial charge in [-0.15, -0.1) is 13.2 Å². The van der Waals surface area contributed by atoms with Gasteiger partial charge < -0.3 is 19.1 Å². The second-order valence-corrected chi connectivity index (χ2v) is 10.5. The molecule has 38 heavy (non-hydrogen) atoms. The minimum Gasteiger partial charge on any atom is -0.490 e. The zero-order valence-corrected chi connectivity index (χ0v) is 20.9. The molecule has 4 rings (SSSR count). The summed E-state index contributed by atoms with van der Waals surface area (Å²) < 4.78 is 76.3. The Balaban J connectivity index is 1.29. The molecule has 0 aliphatic carbocycles. The first kappa shape index (κ1) is 27.0. The molecule has 0 saturated carbocycles. The molecule has 1 aliphatic rings. The highest BCUT2D eigenvalue weighted by atomic mass is 32.2. The predicted molar refractivity (Wildman–Crippen MR) is 130 cm³/mol. The maximum absolute atomic E-state index is 12.6. The van der Waals surface area contributed by atoms with E-state index in [2.05, 4.69) is 4.74 Å². The van der Waals surface area contributed by atoms with Gasteiger partial charge in [0.25, 0.3) is 5.56 Å². The topological polar surface area (TPSA) is 104 Å². The van der Waals surface area contributed by atoms with Crippen LogP contribution in [-0.2, 0) is 9.84 Å². The van der Waals surface area contributed by atoms with Gasteiger partial charge in [-0.1, -0.05) is 0 Å². The van der Waals surface area contributed by atoms with E-state index in [9.17, 15) is 31.2 Å². The fourth-order valence-corrected chi connectivity index (χ4v) is 4.46. The lowest BCUT2D eigenvalue weighted by atomic mass is 10.1. The zero-order chi connectivity index (χ0) is 27.5. The summed E-state index contributed by atoms with van der Waals surface area (Å²) >= 11 is 0. The standard InChI is InChI=1S/C25H23F3N2O7S/c1-38(33,34)22-8-2-17(3-9-22)30-15-12-21(16-23(30)31)35-19-10-13-29(14-11-19)24(32)36-18-4-6-20(7-5-18)37-25(26,27)28/h2-9,12,15-16,19H,10-11,13-14H2,1H3. The third kappa shape index (κ3) is 7.06. The number of ether oxygens (including phenoxy) is 3. The van der Waals surface area contributed by atoms with Crippen LogP contribution in [-0.4, -0.2) is 55.8 Å². The van der Waals surface area contributed by atoms with Crippen molar-refractivity contribution in [3.8, 4) is 22.9 Å². The van der Waals surface area contributed by atoms with E-state index in [1.54, 1.807) is 6.07 Å². The molecule has 202 valence electrons. The molecule has 9 nitrogen and oxygen atoms in total. The Hall–Kier alpha value is -4.00. The molecular formula is C25H23F3N2O7S. The summed E-state index contributed by atoms with van der Waals surface area (Å²) in [6.07, 6.45) is -2.11. The van der Waals surface area contributed by atoms with Gasteiger partial charge in [-0.2, -0.15) is 0 Å². The number of hydrogen-bond donors (Lipinski definition) is 0. The Bertz CT molecular complexity index is 1450. The Labute approximate surface area is 215 Å². The summed E-state index contributed by atoms with van der Waals surface area (Å²) in [6.45, 7) is 0.644. The van der Waals surface area contributed by atoms with Gasteiger partial charge in [-0.25, -0.2) is 13.2 Å². The Morgan fingerprint density at radius 1 is 0.921 bits per heavy atom. The molecule has 0 spiro atoms. The second-order valence-electron chi connectivity index (χ2n) is 8.53. The lowest BCUT2D eigenvalue weighted by molar-refractivity contribution is -0.274. The van der Waals surface area contributed by atoms with Crippen molar-refractivity contribution < 1.29 is 40.6 Å². The highest BCUT2D eigenvalue weighted by molar-refractivity contribution is 7.90. The molecule has 2 heterocycles. The number of halogens is 3. The van der Waals surface area contributed by atoms with Crippen molar-refractivity contribution in [2.24, 2.45) is 0 Å². The average molecular weight is 553 g/mol. The summed E-state index contributed by atoms with van der Waals surface area (Å²) in [5.41, 5.74) is 0.144. The van der Waals surface area contributed by atoms with Crippen molar-refractivity contribution in [2.75, 3.05) is 19.3 Å². The smallest absolute Gasteiger partial charge is 0.490 e. The molecule has 0 atom stereocenters. The van der Waals surface area contributed by atoms with Crippen LogP contribution in [0.15, 0.2) is 76.6 Å². The van der Waals surface area contributed by atoms with Gasteiger partial charge in [0.05, 0.1) is 4.90 Å². The molecule has 0 bridgehead atoms. The number of hydrogen-bond acceptors (Lipinski definition) is 7. The Morgan fingerprint density at radius 3 is 2.08 bits per heavy atom. The van der Waals surface area contributed by atoms with Crippen molar-refractivity contribution in [2.45, 2.75) is 30.2 Å². The Morgan fingerprint density at radius 2 is 1.53 bits per heavy atom. The van der Waals surface area contributed by atoms with Gasteiger partial charge >= 0.3 is 12.5 Å². The number of pyridine rings is 1. The number of sulfone groups is 1. The normalized spacial score (nSPS) is 14.7. The van der Waals surface area contributed by atoms with Gasteiger partial charge in [0.15, 0.2) is 9.84 Å². The molecular weight excluding hydrogens is 529 g/mol. The summed E-state index contributed by atoms with van der Waals surface area (Å²) in [4.78, 5) is 26.6. The van der Waals surface area contributed by atoms with Crippen molar-refractivity contribution in [3.05, 3.63) is 77.2 Å². The van der Waals surface area contributed by atoms with Crippen molar-refractivity contribution in [1.29, 1.82) is 0 Å². The maximum Gasteiger partial charge on any atom is 0.573 e. The molecule has 0 radical (unpaired) electrons.